The molecular weight excluding hydrogens is 114 g/mol. The average molecular weight is 117 g/mol. The normalized spacial score (nSPS) is 7.00. The van der Waals surface area contributed by atoms with Crippen LogP contribution in [0, 0.1) is 0 Å². The number of carbonyl (C=O) groups excluding carboxylic acids is 1. The number of isocyanates is 1. The summed E-state index contributed by atoms with van der Waals surface area (Å²) in [7, 11) is 0. The maximum Gasteiger partial charge on any atom is 0.344 e. The lowest BCUT2D eigenvalue weighted by Gasteiger charge is -1.85. The maximum atomic E-state index is 9.56. The van der Waals surface area contributed by atoms with Crippen LogP contribution in [-0.2, 0) is 14.4 Å². The first-order valence-electron chi connectivity index (χ1n) is 1.68. The summed E-state index contributed by atoms with van der Waals surface area (Å²) in [4.78, 5) is 22.6. The zero-order chi connectivity index (χ0) is 6.41. The van der Waals surface area contributed by atoms with Gasteiger partial charge in [0.25, 0.3) is 6.08 Å². The van der Waals surface area contributed by atoms with E-state index < -0.39 is 12.6 Å². The summed E-state index contributed by atoms with van der Waals surface area (Å²) in [5, 5.41) is 10.4. The van der Waals surface area contributed by atoms with Crippen molar-refractivity contribution in [1.82, 2.24) is 0 Å². The second kappa shape index (κ2) is 3.83. The predicted octanol–water partition coefficient (Wildman–Crippen LogP) is -0.662. The highest BCUT2D eigenvalue weighted by atomic mass is 16.6. The Bertz CT molecular complexity index is 123. The first-order chi connectivity index (χ1) is 3.77. The van der Waals surface area contributed by atoms with Crippen LogP contribution in [0.15, 0.2) is 5.16 Å². The molecule has 0 aliphatic heterocycles. The summed E-state index contributed by atoms with van der Waals surface area (Å²) in [5.74, 6) is -1.18. The zero-order valence-electron chi connectivity index (χ0n) is 3.83. The van der Waals surface area contributed by atoms with Crippen LogP contribution in [0.5, 0.6) is 0 Å². The summed E-state index contributed by atoms with van der Waals surface area (Å²) in [6, 6.07) is 0. The number of hydrogen-bond acceptors (Lipinski definition) is 4. The molecular formula is C3H3NO4. The lowest BCUT2D eigenvalue weighted by molar-refractivity contribution is -0.142. The third-order valence-corrected chi connectivity index (χ3v) is 0.290. The topological polar surface area (TPSA) is 76.0 Å². The van der Waals surface area contributed by atoms with Crippen LogP contribution < -0.4 is 0 Å². The number of hydrogen-bond donors (Lipinski definition) is 1. The first kappa shape index (κ1) is 6.65. The molecule has 8 heavy (non-hydrogen) atoms. The summed E-state index contributed by atoms with van der Waals surface area (Å²) in [6.07, 6.45) is 1.01. The monoisotopic (exact) mass is 117 g/mol. The van der Waals surface area contributed by atoms with Gasteiger partial charge in [0.2, 0.25) is 6.61 Å². The molecule has 0 heterocycles. The Morgan fingerprint density at radius 2 is 2.50 bits per heavy atom. The van der Waals surface area contributed by atoms with Crippen molar-refractivity contribution in [3.8, 4) is 0 Å². The van der Waals surface area contributed by atoms with Crippen LogP contribution >= 0.6 is 0 Å². The molecule has 1 N–H and O–H groups in total. The third kappa shape index (κ3) is 4.65. The van der Waals surface area contributed by atoms with E-state index in [1.54, 1.807) is 0 Å². The maximum absolute atomic E-state index is 9.56. The standard InChI is InChI=1S/C3H3NO4/c5-2-4-8-1-3(6)7/h1H2,(H,6,7). The molecule has 5 heteroatoms. The summed E-state index contributed by atoms with van der Waals surface area (Å²) in [6.45, 7) is -0.602. The lowest BCUT2D eigenvalue weighted by atomic mass is 10.8. The van der Waals surface area contributed by atoms with E-state index in [4.69, 9.17) is 5.11 Å². The fraction of sp³-hybridized carbons (Fsp3) is 0.333. The molecule has 0 saturated carbocycles. The summed E-state index contributed by atoms with van der Waals surface area (Å²) in [5.41, 5.74) is 0. The van der Waals surface area contributed by atoms with Crippen LogP contribution in [0.1, 0.15) is 0 Å². The molecule has 0 spiro atoms. The van der Waals surface area contributed by atoms with Crippen molar-refractivity contribution in [1.29, 1.82) is 0 Å². The van der Waals surface area contributed by atoms with Gasteiger partial charge in [0, 0.05) is 5.16 Å². The number of aliphatic carboxylic acids is 1. The minimum atomic E-state index is -1.18. The third-order valence-electron chi connectivity index (χ3n) is 0.290. The molecule has 0 amide bonds. The van der Waals surface area contributed by atoms with Gasteiger partial charge in [-0.3, -0.25) is 0 Å². The minimum absolute atomic E-state index is 0.602. The van der Waals surface area contributed by atoms with E-state index in [2.05, 4.69) is 9.99 Å². The highest BCUT2D eigenvalue weighted by Gasteiger charge is 1.92. The highest BCUT2D eigenvalue weighted by Crippen LogP contribution is 1.70. The van der Waals surface area contributed by atoms with Gasteiger partial charge in [-0.2, -0.15) is 0 Å². The number of carboxylic acids is 1. The van der Waals surface area contributed by atoms with Crippen molar-refractivity contribution >= 4 is 12.0 Å². The molecule has 5 nitrogen and oxygen atoms in total. The van der Waals surface area contributed by atoms with E-state index in [-0.39, 0.29) is 0 Å². The van der Waals surface area contributed by atoms with Crippen LogP contribution in [0.4, 0.5) is 0 Å². The highest BCUT2D eigenvalue weighted by molar-refractivity contribution is 5.67. The van der Waals surface area contributed by atoms with Crippen molar-refractivity contribution in [3.63, 3.8) is 0 Å². The molecule has 0 radical (unpaired) electrons. The molecule has 0 bridgehead atoms. The van der Waals surface area contributed by atoms with Crippen molar-refractivity contribution in [2.75, 3.05) is 6.61 Å². The van der Waals surface area contributed by atoms with Gasteiger partial charge in [0.1, 0.15) is 0 Å². The number of nitrogens with zero attached hydrogens (tertiary/aromatic N) is 1. The zero-order valence-corrected chi connectivity index (χ0v) is 3.83. The molecule has 0 atom stereocenters. The second-order valence-corrected chi connectivity index (χ2v) is 0.850. The van der Waals surface area contributed by atoms with E-state index in [1.165, 1.54) is 0 Å². The smallest absolute Gasteiger partial charge is 0.344 e. The Hall–Kier alpha value is -1.35. The van der Waals surface area contributed by atoms with Gasteiger partial charge >= 0.3 is 5.97 Å². The van der Waals surface area contributed by atoms with Gasteiger partial charge in [-0.1, -0.05) is 0 Å². The molecule has 0 aliphatic carbocycles. The van der Waals surface area contributed by atoms with Gasteiger partial charge in [-0.25, -0.2) is 9.59 Å². The molecule has 0 saturated heterocycles. The van der Waals surface area contributed by atoms with E-state index in [0.29, 0.717) is 0 Å². The van der Waals surface area contributed by atoms with Crippen molar-refractivity contribution in [2.24, 2.45) is 5.16 Å². The van der Waals surface area contributed by atoms with Crippen LogP contribution in [-0.4, -0.2) is 23.8 Å². The largest absolute Gasteiger partial charge is 0.479 e. The van der Waals surface area contributed by atoms with Crippen molar-refractivity contribution < 1.29 is 19.5 Å². The quantitative estimate of drug-likeness (QED) is 0.302. The molecule has 44 valence electrons. The molecule has 0 unspecified atom stereocenters. The molecule has 0 rings (SSSR count). The predicted molar refractivity (Wildman–Crippen MR) is 21.7 cm³/mol. The number of carboxylic acid groups (broad SMARTS) is 1. The van der Waals surface area contributed by atoms with E-state index >= 15 is 0 Å². The first-order valence-corrected chi connectivity index (χ1v) is 1.68. The summed E-state index contributed by atoms with van der Waals surface area (Å²) >= 11 is 0. The van der Waals surface area contributed by atoms with Crippen LogP contribution in [0.3, 0.4) is 0 Å². The Morgan fingerprint density at radius 1 is 1.88 bits per heavy atom. The molecule has 0 aliphatic rings. The van der Waals surface area contributed by atoms with E-state index in [1.807, 2.05) is 0 Å². The van der Waals surface area contributed by atoms with Gasteiger partial charge in [0.05, 0.1) is 0 Å². The fourth-order valence-electron chi connectivity index (χ4n) is 0.114. The number of carbonyl (C=O) groups is 1. The fourth-order valence-corrected chi connectivity index (χ4v) is 0.114. The minimum Gasteiger partial charge on any atom is -0.479 e. The Balaban J connectivity index is 3.18. The van der Waals surface area contributed by atoms with Crippen molar-refractivity contribution in [2.45, 2.75) is 0 Å². The van der Waals surface area contributed by atoms with Crippen molar-refractivity contribution in [3.05, 3.63) is 0 Å². The van der Waals surface area contributed by atoms with Gasteiger partial charge < -0.3 is 9.94 Å². The van der Waals surface area contributed by atoms with E-state index in [0.717, 1.165) is 6.08 Å². The Morgan fingerprint density at radius 3 is 2.88 bits per heavy atom. The molecule has 0 fully saturated rings. The lowest BCUT2D eigenvalue weighted by Crippen LogP contribution is -2.02. The van der Waals surface area contributed by atoms with Gasteiger partial charge in [-0.15, -0.1) is 0 Å². The second-order valence-electron chi connectivity index (χ2n) is 0.850. The average Bonchev–Trinajstić information content (AvgIpc) is 1.66. The van der Waals surface area contributed by atoms with Gasteiger partial charge in [0.15, 0.2) is 0 Å². The SMILES string of the molecule is O=C=NOCC(=O)O. The number of rotatable bonds is 3. The van der Waals surface area contributed by atoms with Gasteiger partial charge in [-0.05, 0) is 0 Å². The van der Waals surface area contributed by atoms with Crippen LogP contribution in [0.25, 0.3) is 0 Å². The molecule has 0 aromatic rings. The van der Waals surface area contributed by atoms with E-state index in [9.17, 15) is 9.59 Å². The Kier molecular flexibility index (Phi) is 3.18. The molecule has 0 aromatic heterocycles. The summed E-state index contributed by atoms with van der Waals surface area (Å²) < 4.78 is 0. The molecule has 0 aromatic carbocycles. The Labute approximate surface area is 44.5 Å². The van der Waals surface area contributed by atoms with Crippen LogP contribution in [0.2, 0.25) is 0 Å².